The Kier molecular flexibility index (Phi) is 5.40. The molecule has 0 atom stereocenters. The molecule has 1 amide bonds. The molecule has 0 bridgehead atoms. The van der Waals surface area contributed by atoms with Crippen LogP contribution in [0.4, 0.5) is 23.2 Å². The van der Waals surface area contributed by atoms with E-state index in [0.717, 1.165) is 46.9 Å². The molecule has 0 unspecified atom stereocenters. The molecule has 9 heteroatoms. The van der Waals surface area contributed by atoms with Gasteiger partial charge in [0.1, 0.15) is 5.82 Å². The Morgan fingerprint density at radius 1 is 1.00 bits per heavy atom. The second-order valence-electron chi connectivity index (χ2n) is 7.02. The van der Waals surface area contributed by atoms with E-state index in [1.807, 2.05) is 66.4 Å². The summed E-state index contributed by atoms with van der Waals surface area (Å²) in [5.74, 6) is 2.51. The van der Waals surface area contributed by atoms with Crippen LogP contribution in [0, 0.1) is 0 Å². The van der Waals surface area contributed by atoms with Crippen LogP contribution in [-0.2, 0) is 0 Å². The van der Waals surface area contributed by atoms with Crippen molar-refractivity contribution >= 4 is 51.6 Å². The standard InChI is InChI=1S/C22H20N6O2S/c29-20(24-16-8-9-19(23-14-16)28-10-12-31-13-11-28)21-26-27-22(30-21)25-18-7-3-5-15-4-1-2-6-17(15)18/h1-9,14H,10-13H2,(H,24,29)(H,25,27). The number of hydrogen-bond donors (Lipinski definition) is 2. The van der Waals surface area contributed by atoms with Crippen molar-refractivity contribution in [2.24, 2.45) is 0 Å². The molecule has 0 spiro atoms. The maximum Gasteiger partial charge on any atom is 0.320 e. The number of rotatable bonds is 5. The van der Waals surface area contributed by atoms with Gasteiger partial charge in [0.05, 0.1) is 17.6 Å². The van der Waals surface area contributed by atoms with Crippen LogP contribution < -0.4 is 15.5 Å². The Labute approximate surface area is 183 Å². The van der Waals surface area contributed by atoms with Crippen LogP contribution in [0.25, 0.3) is 10.8 Å². The molecule has 1 aliphatic heterocycles. The van der Waals surface area contributed by atoms with E-state index in [1.165, 1.54) is 0 Å². The molecule has 1 fully saturated rings. The number of nitrogens with one attached hydrogen (secondary N) is 2. The Morgan fingerprint density at radius 3 is 2.68 bits per heavy atom. The van der Waals surface area contributed by atoms with Crippen molar-refractivity contribution in [1.29, 1.82) is 0 Å². The molecule has 31 heavy (non-hydrogen) atoms. The van der Waals surface area contributed by atoms with Crippen molar-refractivity contribution in [2.75, 3.05) is 40.1 Å². The number of fused-ring (bicyclic) bond motifs is 1. The highest BCUT2D eigenvalue weighted by Gasteiger charge is 2.17. The first kappa shape index (κ1) is 19.4. The monoisotopic (exact) mass is 432 g/mol. The van der Waals surface area contributed by atoms with E-state index in [9.17, 15) is 4.79 Å². The number of nitrogens with zero attached hydrogens (tertiary/aromatic N) is 4. The highest BCUT2D eigenvalue weighted by molar-refractivity contribution is 7.99. The van der Waals surface area contributed by atoms with Gasteiger partial charge in [-0.25, -0.2) is 4.98 Å². The number of anilines is 4. The van der Waals surface area contributed by atoms with E-state index in [2.05, 4.69) is 30.7 Å². The van der Waals surface area contributed by atoms with Gasteiger partial charge in [-0.1, -0.05) is 41.5 Å². The number of carbonyl (C=O) groups is 1. The van der Waals surface area contributed by atoms with E-state index in [0.29, 0.717) is 5.69 Å². The molecule has 0 aliphatic carbocycles. The van der Waals surface area contributed by atoms with Gasteiger partial charge >= 0.3 is 17.8 Å². The molecule has 2 aromatic carbocycles. The van der Waals surface area contributed by atoms with Crippen LogP contribution in [0.2, 0.25) is 0 Å². The molecular formula is C22H20N6O2S. The maximum atomic E-state index is 12.5. The molecular weight excluding hydrogens is 412 g/mol. The van der Waals surface area contributed by atoms with E-state index in [1.54, 1.807) is 6.20 Å². The lowest BCUT2D eigenvalue weighted by Gasteiger charge is -2.27. The first-order valence-electron chi connectivity index (χ1n) is 9.95. The third-order valence-electron chi connectivity index (χ3n) is 4.99. The van der Waals surface area contributed by atoms with E-state index in [-0.39, 0.29) is 11.9 Å². The fraction of sp³-hybridized carbons (Fsp3) is 0.182. The van der Waals surface area contributed by atoms with Crippen LogP contribution >= 0.6 is 11.8 Å². The third kappa shape index (κ3) is 4.31. The first-order valence-corrected chi connectivity index (χ1v) is 11.1. The molecule has 5 rings (SSSR count). The maximum absolute atomic E-state index is 12.5. The highest BCUT2D eigenvalue weighted by Crippen LogP contribution is 2.26. The number of hydrogen-bond acceptors (Lipinski definition) is 8. The van der Waals surface area contributed by atoms with Gasteiger partial charge in [0.2, 0.25) is 0 Å². The quantitative estimate of drug-likeness (QED) is 0.485. The summed E-state index contributed by atoms with van der Waals surface area (Å²) in [4.78, 5) is 19.2. The molecule has 2 aromatic heterocycles. The van der Waals surface area contributed by atoms with E-state index < -0.39 is 5.91 Å². The summed E-state index contributed by atoms with van der Waals surface area (Å²) in [6, 6.07) is 17.7. The molecule has 156 valence electrons. The van der Waals surface area contributed by atoms with Crippen LogP contribution in [0.15, 0.2) is 65.2 Å². The summed E-state index contributed by atoms with van der Waals surface area (Å²) in [6.45, 7) is 1.97. The van der Waals surface area contributed by atoms with Crippen LogP contribution in [-0.4, -0.2) is 45.7 Å². The fourth-order valence-electron chi connectivity index (χ4n) is 3.44. The van der Waals surface area contributed by atoms with Crippen LogP contribution in [0.5, 0.6) is 0 Å². The third-order valence-corrected chi connectivity index (χ3v) is 5.93. The second-order valence-corrected chi connectivity index (χ2v) is 8.25. The van der Waals surface area contributed by atoms with Crippen molar-refractivity contribution in [2.45, 2.75) is 0 Å². The molecule has 8 nitrogen and oxygen atoms in total. The van der Waals surface area contributed by atoms with Crippen molar-refractivity contribution in [3.05, 3.63) is 66.7 Å². The number of carbonyl (C=O) groups excluding carboxylic acids is 1. The van der Waals surface area contributed by atoms with Gasteiger partial charge in [-0.3, -0.25) is 4.79 Å². The minimum absolute atomic E-state index is 0.125. The van der Waals surface area contributed by atoms with Crippen molar-refractivity contribution in [3.8, 4) is 0 Å². The Morgan fingerprint density at radius 2 is 1.84 bits per heavy atom. The second kappa shape index (κ2) is 8.65. The van der Waals surface area contributed by atoms with Gasteiger partial charge < -0.3 is 20.0 Å². The van der Waals surface area contributed by atoms with Gasteiger partial charge in [-0.2, -0.15) is 11.8 Å². The first-order chi connectivity index (χ1) is 15.3. The SMILES string of the molecule is O=C(Nc1ccc(N2CCSCC2)nc1)c1nnc(Nc2cccc3ccccc23)o1. The van der Waals surface area contributed by atoms with Gasteiger partial charge in [-0.15, -0.1) is 5.10 Å². The Hall–Kier alpha value is -3.59. The summed E-state index contributed by atoms with van der Waals surface area (Å²) >= 11 is 1.95. The van der Waals surface area contributed by atoms with Crippen molar-refractivity contribution in [1.82, 2.24) is 15.2 Å². The fourth-order valence-corrected chi connectivity index (χ4v) is 4.34. The summed E-state index contributed by atoms with van der Waals surface area (Å²) in [5, 5.41) is 15.7. The average molecular weight is 433 g/mol. The van der Waals surface area contributed by atoms with Gasteiger partial charge in [0.25, 0.3) is 0 Å². The summed E-state index contributed by atoms with van der Waals surface area (Å²) < 4.78 is 5.51. The van der Waals surface area contributed by atoms with E-state index >= 15 is 0 Å². The van der Waals surface area contributed by atoms with Gasteiger partial charge in [0.15, 0.2) is 0 Å². The minimum atomic E-state index is -0.484. The average Bonchev–Trinajstić information content (AvgIpc) is 3.29. The Balaban J connectivity index is 1.26. The minimum Gasteiger partial charge on any atom is -0.399 e. The highest BCUT2D eigenvalue weighted by atomic mass is 32.2. The lowest BCUT2D eigenvalue weighted by Crippen LogP contribution is -2.33. The number of amides is 1. The molecule has 1 saturated heterocycles. The number of aromatic nitrogens is 3. The molecule has 3 heterocycles. The topological polar surface area (TPSA) is 96.2 Å². The largest absolute Gasteiger partial charge is 0.399 e. The predicted molar refractivity (Wildman–Crippen MR) is 123 cm³/mol. The predicted octanol–water partition coefficient (Wildman–Crippen LogP) is 4.17. The smallest absolute Gasteiger partial charge is 0.320 e. The molecule has 2 N–H and O–H groups in total. The number of benzene rings is 2. The number of pyridine rings is 1. The lowest BCUT2D eigenvalue weighted by atomic mass is 10.1. The Bertz CT molecular complexity index is 1200. The molecule has 0 saturated carbocycles. The zero-order chi connectivity index (χ0) is 21.0. The summed E-state index contributed by atoms with van der Waals surface area (Å²) in [7, 11) is 0. The molecule has 0 radical (unpaired) electrons. The van der Waals surface area contributed by atoms with Crippen molar-refractivity contribution in [3.63, 3.8) is 0 Å². The van der Waals surface area contributed by atoms with Gasteiger partial charge in [-0.05, 0) is 23.6 Å². The molecule has 1 aliphatic rings. The summed E-state index contributed by atoms with van der Waals surface area (Å²) in [5.41, 5.74) is 1.39. The van der Waals surface area contributed by atoms with Crippen molar-refractivity contribution < 1.29 is 9.21 Å². The zero-order valence-electron chi connectivity index (χ0n) is 16.6. The summed E-state index contributed by atoms with van der Waals surface area (Å²) in [6.07, 6.45) is 1.64. The van der Waals surface area contributed by atoms with Gasteiger partial charge in [0, 0.05) is 30.0 Å². The normalized spacial score (nSPS) is 13.9. The number of thioether (sulfide) groups is 1. The van der Waals surface area contributed by atoms with Crippen LogP contribution in [0.1, 0.15) is 10.7 Å². The van der Waals surface area contributed by atoms with E-state index in [4.69, 9.17) is 4.42 Å². The molecule has 4 aromatic rings. The zero-order valence-corrected chi connectivity index (χ0v) is 17.4. The van der Waals surface area contributed by atoms with Crippen LogP contribution in [0.3, 0.4) is 0 Å². The lowest BCUT2D eigenvalue weighted by molar-refractivity contribution is 0.0991.